The first-order chi connectivity index (χ1) is 17.3. The summed E-state index contributed by atoms with van der Waals surface area (Å²) in [7, 11) is 3.16. The van der Waals surface area contributed by atoms with Gasteiger partial charge in [-0.3, -0.25) is 14.4 Å². The third-order valence-electron chi connectivity index (χ3n) is 5.55. The molecule has 4 rings (SSSR count). The molecule has 1 aromatic heterocycles. The summed E-state index contributed by atoms with van der Waals surface area (Å²) in [6.07, 6.45) is 1.90. The second kappa shape index (κ2) is 10.4. The molecule has 0 N–H and O–H groups in total. The lowest BCUT2D eigenvalue weighted by Crippen LogP contribution is -2.12. The number of fused-ring (bicyclic) bond motifs is 1. The molecular formula is C28H25NO7. The molecule has 0 aliphatic heterocycles. The lowest BCUT2D eigenvalue weighted by Gasteiger charge is -2.11. The normalized spacial score (nSPS) is 10.7. The Labute approximate surface area is 208 Å². The zero-order valence-corrected chi connectivity index (χ0v) is 20.4. The first kappa shape index (κ1) is 24.5. The van der Waals surface area contributed by atoms with Gasteiger partial charge in [-0.15, -0.1) is 0 Å². The predicted octanol–water partition coefficient (Wildman–Crippen LogP) is 5.06. The molecule has 0 amide bonds. The first-order valence-corrected chi connectivity index (χ1v) is 11.1. The zero-order chi connectivity index (χ0) is 25.8. The third kappa shape index (κ3) is 5.07. The van der Waals surface area contributed by atoms with Crippen molar-refractivity contribution in [3.8, 4) is 34.1 Å². The Balaban J connectivity index is 1.79. The van der Waals surface area contributed by atoms with Gasteiger partial charge in [0.15, 0.2) is 17.3 Å². The topological polar surface area (TPSA) is 93.1 Å². The first-order valence-electron chi connectivity index (χ1n) is 11.1. The van der Waals surface area contributed by atoms with E-state index in [1.54, 1.807) is 20.3 Å². The number of methoxy groups -OCH3 is 2. The Hall–Kier alpha value is -4.59. The number of nitrogens with zero attached hydrogens (tertiary/aromatic N) is 1. The Morgan fingerprint density at radius 3 is 2.11 bits per heavy atom. The molecule has 0 unspecified atom stereocenters. The fourth-order valence-corrected chi connectivity index (χ4v) is 4.01. The van der Waals surface area contributed by atoms with Crippen molar-refractivity contribution in [2.75, 3.05) is 14.2 Å². The van der Waals surface area contributed by atoms with Gasteiger partial charge in [-0.05, 0) is 23.8 Å². The Morgan fingerprint density at radius 1 is 0.778 bits per heavy atom. The predicted molar refractivity (Wildman–Crippen MR) is 134 cm³/mol. The summed E-state index contributed by atoms with van der Waals surface area (Å²) in [6.45, 7) is 2.45. The highest BCUT2D eigenvalue weighted by Gasteiger charge is 2.20. The third-order valence-corrected chi connectivity index (χ3v) is 5.55. The van der Waals surface area contributed by atoms with Crippen LogP contribution in [0.5, 0.6) is 23.0 Å². The second-order valence-electron chi connectivity index (χ2n) is 8.03. The van der Waals surface area contributed by atoms with Gasteiger partial charge in [-0.1, -0.05) is 30.3 Å². The van der Waals surface area contributed by atoms with E-state index in [1.807, 2.05) is 47.2 Å². The van der Waals surface area contributed by atoms with E-state index in [2.05, 4.69) is 0 Å². The number of ether oxygens (including phenoxy) is 4. The highest BCUT2D eigenvalue weighted by molar-refractivity contribution is 6.03. The lowest BCUT2D eigenvalue weighted by atomic mass is 10.0. The smallest absolute Gasteiger partial charge is 0.308 e. The lowest BCUT2D eigenvalue weighted by molar-refractivity contribution is -0.134. The molecule has 0 saturated heterocycles. The van der Waals surface area contributed by atoms with Crippen LogP contribution in [0, 0.1) is 0 Å². The molecule has 0 atom stereocenters. The minimum Gasteiger partial charge on any atom is -0.497 e. The molecule has 0 radical (unpaired) electrons. The van der Waals surface area contributed by atoms with E-state index in [1.165, 1.54) is 32.0 Å². The van der Waals surface area contributed by atoms with Crippen LogP contribution in [0.2, 0.25) is 0 Å². The maximum absolute atomic E-state index is 13.4. The van der Waals surface area contributed by atoms with Gasteiger partial charge in [0.25, 0.3) is 0 Å². The second-order valence-corrected chi connectivity index (χ2v) is 8.03. The molecule has 8 nitrogen and oxygen atoms in total. The summed E-state index contributed by atoms with van der Waals surface area (Å²) in [6, 6.07) is 17.8. The molecule has 184 valence electrons. The highest BCUT2D eigenvalue weighted by Crippen LogP contribution is 2.40. The number of carbonyl (C=O) groups is 3. The molecule has 0 saturated carbocycles. The van der Waals surface area contributed by atoms with Crippen LogP contribution < -0.4 is 18.9 Å². The number of hydrogen-bond donors (Lipinski definition) is 0. The highest BCUT2D eigenvalue weighted by atomic mass is 16.6. The fraction of sp³-hybridized carbons (Fsp3) is 0.179. The van der Waals surface area contributed by atoms with Crippen molar-refractivity contribution in [2.45, 2.75) is 20.4 Å². The van der Waals surface area contributed by atoms with E-state index in [0.717, 1.165) is 22.0 Å². The van der Waals surface area contributed by atoms with Crippen molar-refractivity contribution in [3.63, 3.8) is 0 Å². The summed E-state index contributed by atoms with van der Waals surface area (Å²) < 4.78 is 23.2. The Kier molecular flexibility index (Phi) is 7.05. The van der Waals surface area contributed by atoms with Crippen molar-refractivity contribution in [1.82, 2.24) is 4.57 Å². The number of rotatable bonds is 8. The van der Waals surface area contributed by atoms with Gasteiger partial charge < -0.3 is 23.5 Å². The SMILES string of the molecule is COc1cc(OC)c2c(-c3ccccc3)cn(CC(=O)c3ccc(OC(C)=O)c(OC(C)=O)c3)c2c1. The molecule has 3 aromatic carbocycles. The van der Waals surface area contributed by atoms with Crippen LogP contribution in [-0.2, 0) is 16.1 Å². The summed E-state index contributed by atoms with van der Waals surface area (Å²) >= 11 is 0. The summed E-state index contributed by atoms with van der Waals surface area (Å²) in [4.78, 5) is 36.3. The van der Waals surface area contributed by atoms with E-state index in [-0.39, 0.29) is 23.8 Å². The van der Waals surface area contributed by atoms with Crippen LogP contribution >= 0.6 is 0 Å². The van der Waals surface area contributed by atoms with Crippen LogP contribution in [0.1, 0.15) is 24.2 Å². The maximum Gasteiger partial charge on any atom is 0.308 e. The van der Waals surface area contributed by atoms with E-state index >= 15 is 0 Å². The number of Topliss-reactive ketones (excluding diaryl/α,β-unsaturated/α-hetero) is 1. The van der Waals surface area contributed by atoms with Crippen LogP contribution in [0.15, 0.2) is 66.9 Å². The number of aromatic nitrogens is 1. The molecule has 0 spiro atoms. The van der Waals surface area contributed by atoms with Crippen molar-refractivity contribution in [2.24, 2.45) is 0 Å². The van der Waals surface area contributed by atoms with Gasteiger partial charge >= 0.3 is 11.9 Å². The standard InChI is InChI=1S/C28H25NO7/c1-17(30)35-25-11-10-20(12-26(25)36-18(2)31)24(32)16-29-15-22(19-8-6-5-7-9-19)28-23(29)13-21(33-3)14-27(28)34-4/h5-15H,16H2,1-4H3. The van der Waals surface area contributed by atoms with Crippen molar-refractivity contribution in [3.05, 3.63) is 72.4 Å². The summed E-state index contributed by atoms with van der Waals surface area (Å²) in [5.41, 5.74) is 2.93. The van der Waals surface area contributed by atoms with Crippen LogP contribution in [-0.4, -0.2) is 36.5 Å². The maximum atomic E-state index is 13.4. The summed E-state index contributed by atoms with van der Waals surface area (Å²) in [5.74, 6) is -0.147. The van der Waals surface area contributed by atoms with Gasteiger partial charge in [0.1, 0.15) is 11.5 Å². The fourth-order valence-electron chi connectivity index (χ4n) is 4.01. The van der Waals surface area contributed by atoms with E-state index < -0.39 is 11.9 Å². The van der Waals surface area contributed by atoms with Crippen LogP contribution in [0.3, 0.4) is 0 Å². The van der Waals surface area contributed by atoms with Gasteiger partial charge in [-0.2, -0.15) is 0 Å². The molecular weight excluding hydrogens is 462 g/mol. The summed E-state index contributed by atoms with van der Waals surface area (Å²) in [5, 5.41) is 0.850. The van der Waals surface area contributed by atoms with Gasteiger partial charge in [0.2, 0.25) is 0 Å². The van der Waals surface area contributed by atoms with Crippen molar-refractivity contribution >= 4 is 28.6 Å². The number of benzene rings is 3. The van der Waals surface area contributed by atoms with E-state index in [9.17, 15) is 14.4 Å². The number of carbonyl (C=O) groups excluding carboxylic acids is 3. The van der Waals surface area contributed by atoms with E-state index in [4.69, 9.17) is 18.9 Å². The molecule has 0 aliphatic rings. The molecule has 4 aromatic rings. The van der Waals surface area contributed by atoms with E-state index in [0.29, 0.717) is 17.1 Å². The van der Waals surface area contributed by atoms with Crippen molar-refractivity contribution in [1.29, 1.82) is 0 Å². The molecule has 1 heterocycles. The monoisotopic (exact) mass is 487 g/mol. The zero-order valence-electron chi connectivity index (χ0n) is 20.4. The largest absolute Gasteiger partial charge is 0.497 e. The average Bonchev–Trinajstić information content (AvgIpc) is 3.22. The van der Waals surface area contributed by atoms with Gasteiger partial charge in [0.05, 0.1) is 26.3 Å². The van der Waals surface area contributed by atoms with Crippen LogP contribution in [0.25, 0.3) is 22.0 Å². The average molecular weight is 488 g/mol. The van der Waals surface area contributed by atoms with Crippen molar-refractivity contribution < 1.29 is 33.3 Å². The van der Waals surface area contributed by atoms with Crippen LogP contribution in [0.4, 0.5) is 0 Å². The van der Waals surface area contributed by atoms with Gasteiger partial charge in [-0.25, -0.2) is 0 Å². The molecule has 0 aliphatic carbocycles. The number of esters is 2. The Morgan fingerprint density at radius 2 is 1.47 bits per heavy atom. The Bertz CT molecular complexity index is 1450. The molecule has 0 fully saturated rings. The van der Waals surface area contributed by atoms with Gasteiger partial charge in [0, 0.05) is 48.7 Å². The number of hydrogen-bond acceptors (Lipinski definition) is 7. The quantitative estimate of drug-likeness (QED) is 0.195. The minimum atomic E-state index is -0.601. The molecule has 8 heteroatoms. The molecule has 0 bridgehead atoms. The number of ketones is 1. The molecule has 36 heavy (non-hydrogen) atoms. The minimum absolute atomic E-state index is 0.00535.